The van der Waals surface area contributed by atoms with Crippen LogP contribution in [0.1, 0.15) is 32.1 Å². The molecule has 2 rings (SSSR count). The van der Waals surface area contributed by atoms with Crippen LogP contribution in [-0.4, -0.2) is 19.1 Å². The minimum atomic E-state index is -0.0691. The zero-order valence-corrected chi connectivity index (χ0v) is 11.2. The SMILES string of the molecule is Nc1cccc(OCC(=O)NCCC2CCCC2)c1. The van der Waals surface area contributed by atoms with Crippen molar-refractivity contribution >= 4 is 11.6 Å². The first-order chi connectivity index (χ1) is 9.24. The molecule has 0 bridgehead atoms. The zero-order chi connectivity index (χ0) is 13.5. The van der Waals surface area contributed by atoms with Crippen LogP contribution in [0, 0.1) is 5.92 Å². The number of ether oxygens (including phenoxy) is 1. The first-order valence-electron chi connectivity index (χ1n) is 6.99. The van der Waals surface area contributed by atoms with Crippen LogP contribution >= 0.6 is 0 Å². The van der Waals surface area contributed by atoms with Crippen LogP contribution in [0.25, 0.3) is 0 Å². The molecule has 19 heavy (non-hydrogen) atoms. The number of carbonyl (C=O) groups is 1. The molecule has 0 aromatic heterocycles. The molecule has 0 heterocycles. The Balaban J connectivity index is 1.61. The number of carbonyl (C=O) groups excluding carboxylic acids is 1. The molecule has 1 amide bonds. The van der Waals surface area contributed by atoms with Crippen molar-refractivity contribution in [2.75, 3.05) is 18.9 Å². The number of rotatable bonds is 6. The second-order valence-corrected chi connectivity index (χ2v) is 5.15. The number of benzene rings is 1. The average molecular weight is 262 g/mol. The van der Waals surface area contributed by atoms with E-state index in [1.54, 1.807) is 18.2 Å². The summed E-state index contributed by atoms with van der Waals surface area (Å²) in [6, 6.07) is 7.10. The van der Waals surface area contributed by atoms with Crippen LogP contribution in [0.2, 0.25) is 0 Å². The van der Waals surface area contributed by atoms with Crippen LogP contribution in [-0.2, 0) is 4.79 Å². The van der Waals surface area contributed by atoms with Gasteiger partial charge in [0.1, 0.15) is 5.75 Å². The number of hydrogen-bond acceptors (Lipinski definition) is 3. The van der Waals surface area contributed by atoms with Crippen molar-refractivity contribution in [1.29, 1.82) is 0 Å². The fraction of sp³-hybridized carbons (Fsp3) is 0.533. The van der Waals surface area contributed by atoms with E-state index in [1.165, 1.54) is 25.7 Å². The van der Waals surface area contributed by atoms with Gasteiger partial charge in [-0.2, -0.15) is 0 Å². The number of nitrogen functional groups attached to an aromatic ring is 1. The van der Waals surface area contributed by atoms with Crippen molar-refractivity contribution < 1.29 is 9.53 Å². The lowest BCUT2D eigenvalue weighted by molar-refractivity contribution is -0.123. The fourth-order valence-electron chi connectivity index (χ4n) is 2.52. The van der Waals surface area contributed by atoms with Crippen molar-refractivity contribution in [2.24, 2.45) is 5.92 Å². The molecule has 1 fully saturated rings. The summed E-state index contributed by atoms with van der Waals surface area (Å²) in [6.45, 7) is 0.803. The maximum Gasteiger partial charge on any atom is 0.257 e. The quantitative estimate of drug-likeness (QED) is 0.773. The summed E-state index contributed by atoms with van der Waals surface area (Å²) in [7, 11) is 0. The molecule has 0 unspecified atom stereocenters. The van der Waals surface area contributed by atoms with E-state index in [0.29, 0.717) is 11.4 Å². The highest BCUT2D eigenvalue weighted by atomic mass is 16.5. The number of amides is 1. The van der Waals surface area contributed by atoms with Crippen LogP contribution < -0.4 is 15.8 Å². The Labute approximate surface area is 114 Å². The highest BCUT2D eigenvalue weighted by molar-refractivity contribution is 5.77. The normalized spacial score (nSPS) is 15.4. The van der Waals surface area contributed by atoms with E-state index in [-0.39, 0.29) is 12.5 Å². The lowest BCUT2D eigenvalue weighted by Gasteiger charge is -2.10. The maximum absolute atomic E-state index is 11.6. The maximum atomic E-state index is 11.6. The fourth-order valence-corrected chi connectivity index (χ4v) is 2.52. The van der Waals surface area contributed by atoms with Gasteiger partial charge in [0.05, 0.1) is 0 Å². The predicted octanol–water partition coefficient (Wildman–Crippen LogP) is 2.34. The third-order valence-electron chi connectivity index (χ3n) is 3.58. The molecule has 104 valence electrons. The topological polar surface area (TPSA) is 64.3 Å². The van der Waals surface area contributed by atoms with Gasteiger partial charge in [-0.3, -0.25) is 4.79 Å². The number of nitrogens with one attached hydrogen (secondary N) is 1. The largest absolute Gasteiger partial charge is 0.484 e. The molecule has 1 aliphatic rings. The standard InChI is InChI=1S/C15H22N2O2/c16-13-6-3-7-14(10-13)19-11-15(18)17-9-8-12-4-1-2-5-12/h3,6-7,10,12H,1-2,4-5,8-9,11,16H2,(H,17,18). The highest BCUT2D eigenvalue weighted by Gasteiger charge is 2.14. The Morgan fingerprint density at radius 1 is 1.37 bits per heavy atom. The summed E-state index contributed by atoms with van der Waals surface area (Å²) in [5, 5.41) is 2.90. The minimum absolute atomic E-state index is 0.0497. The summed E-state index contributed by atoms with van der Waals surface area (Å²) in [5.41, 5.74) is 6.27. The van der Waals surface area contributed by atoms with E-state index in [4.69, 9.17) is 10.5 Å². The van der Waals surface area contributed by atoms with E-state index >= 15 is 0 Å². The van der Waals surface area contributed by atoms with Crippen molar-refractivity contribution in [1.82, 2.24) is 5.32 Å². The Hall–Kier alpha value is -1.71. The summed E-state index contributed by atoms with van der Waals surface area (Å²) < 4.78 is 5.38. The lowest BCUT2D eigenvalue weighted by atomic mass is 10.0. The number of nitrogens with two attached hydrogens (primary N) is 1. The van der Waals surface area contributed by atoms with E-state index < -0.39 is 0 Å². The first-order valence-corrected chi connectivity index (χ1v) is 6.99. The van der Waals surface area contributed by atoms with Gasteiger partial charge < -0.3 is 15.8 Å². The van der Waals surface area contributed by atoms with Crippen LogP contribution in [0.5, 0.6) is 5.75 Å². The van der Waals surface area contributed by atoms with Gasteiger partial charge in [0.2, 0.25) is 0 Å². The molecule has 0 atom stereocenters. The Morgan fingerprint density at radius 2 is 2.16 bits per heavy atom. The molecule has 1 saturated carbocycles. The van der Waals surface area contributed by atoms with Gasteiger partial charge in [-0.05, 0) is 24.5 Å². The highest BCUT2D eigenvalue weighted by Crippen LogP contribution is 2.26. The predicted molar refractivity (Wildman–Crippen MR) is 75.9 cm³/mol. The van der Waals surface area contributed by atoms with E-state index in [1.807, 2.05) is 6.07 Å². The Morgan fingerprint density at radius 3 is 2.89 bits per heavy atom. The van der Waals surface area contributed by atoms with Crippen molar-refractivity contribution in [3.05, 3.63) is 24.3 Å². The van der Waals surface area contributed by atoms with Gasteiger partial charge in [-0.25, -0.2) is 0 Å². The molecular formula is C15H22N2O2. The lowest BCUT2D eigenvalue weighted by Crippen LogP contribution is -2.30. The zero-order valence-electron chi connectivity index (χ0n) is 11.2. The molecule has 0 spiro atoms. The molecule has 4 heteroatoms. The minimum Gasteiger partial charge on any atom is -0.484 e. The molecule has 1 aliphatic carbocycles. The van der Waals surface area contributed by atoms with Crippen LogP contribution in [0.15, 0.2) is 24.3 Å². The van der Waals surface area contributed by atoms with E-state index in [0.717, 1.165) is 18.9 Å². The van der Waals surface area contributed by atoms with Crippen LogP contribution in [0.4, 0.5) is 5.69 Å². The summed E-state index contributed by atoms with van der Waals surface area (Å²) in [5.74, 6) is 1.36. The Kier molecular flexibility index (Phi) is 5.07. The summed E-state index contributed by atoms with van der Waals surface area (Å²) in [6.07, 6.45) is 6.41. The molecule has 1 aromatic rings. The molecular weight excluding hydrogens is 240 g/mol. The first kappa shape index (κ1) is 13.7. The summed E-state index contributed by atoms with van der Waals surface area (Å²) >= 11 is 0. The van der Waals surface area contributed by atoms with Gasteiger partial charge in [0, 0.05) is 18.3 Å². The third-order valence-corrected chi connectivity index (χ3v) is 3.58. The molecule has 3 N–H and O–H groups in total. The third kappa shape index (κ3) is 4.81. The number of hydrogen-bond donors (Lipinski definition) is 2. The van der Waals surface area contributed by atoms with Gasteiger partial charge in [-0.1, -0.05) is 31.7 Å². The molecule has 4 nitrogen and oxygen atoms in total. The van der Waals surface area contributed by atoms with Gasteiger partial charge in [0.25, 0.3) is 5.91 Å². The van der Waals surface area contributed by atoms with Gasteiger partial charge >= 0.3 is 0 Å². The smallest absolute Gasteiger partial charge is 0.257 e. The summed E-state index contributed by atoms with van der Waals surface area (Å²) in [4.78, 5) is 11.6. The molecule has 0 aliphatic heterocycles. The van der Waals surface area contributed by atoms with Gasteiger partial charge in [0.15, 0.2) is 6.61 Å². The molecule has 0 saturated heterocycles. The van der Waals surface area contributed by atoms with E-state index in [9.17, 15) is 4.79 Å². The Bertz CT molecular complexity index is 414. The number of anilines is 1. The monoisotopic (exact) mass is 262 g/mol. The van der Waals surface area contributed by atoms with Crippen molar-refractivity contribution in [3.8, 4) is 5.75 Å². The van der Waals surface area contributed by atoms with Crippen molar-refractivity contribution in [2.45, 2.75) is 32.1 Å². The molecule has 1 aromatic carbocycles. The van der Waals surface area contributed by atoms with E-state index in [2.05, 4.69) is 5.32 Å². The second kappa shape index (κ2) is 7.02. The molecule has 0 radical (unpaired) electrons. The second-order valence-electron chi connectivity index (χ2n) is 5.15. The average Bonchev–Trinajstić information content (AvgIpc) is 2.90. The van der Waals surface area contributed by atoms with Gasteiger partial charge in [-0.15, -0.1) is 0 Å². The van der Waals surface area contributed by atoms with Crippen LogP contribution in [0.3, 0.4) is 0 Å². The van der Waals surface area contributed by atoms with Crippen molar-refractivity contribution in [3.63, 3.8) is 0 Å².